The average Bonchev–Trinajstić information content (AvgIpc) is 3.85. The number of unbranched alkanes of at least 4 members (excludes halogenated alkanes) is 10. The summed E-state index contributed by atoms with van der Waals surface area (Å²) in [4.78, 5) is 72.7. The fourth-order valence-electron chi connectivity index (χ4n) is 5.88. The van der Waals surface area contributed by atoms with Crippen LogP contribution in [0.1, 0.15) is 123 Å². The highest BCUT2D eigenvalue weighted by molar-refractivity contribution is 8.00. The number of Topliss-reactive ketones (excluding diaryl/α,β-unsaturated/α-hetero) is 1. The number of allylic oxidation sites excluding steroid dienone is 1. The number of aliphatic hydroxyl groups excluding tert-OH is 2. The number of carboxylic acids is 3. The van der Waals surface area contributed by atoms with Crippen LogP contribution < -0.4 is 22.1 Å². The minimum Gasteiger partial charge on any atom is -0.481 e. The van der Waals surface area contributed by atoms with E-state index in [1.165, 1.54) is 85.2 Å². The Morgan fingerprint density at radius 1 is 0.950 bits per heavy atom. The lowest BCUT2D eigenvalue weighted by molar-refractivity contribution is -0.144. The van der Waals surface area contributed by atoms with Gasteiger partial charge in [-0.05, 0) is 25.8 Å². The first-order valence-electron chi connectivity index (χ1n) is 20.1. The van der Waals surface area contributed by atoms with Crippen LogP contribution in [0.3, 0.4) is 0 Å². The lowest BCUT2D eigenvalue weighted by Gasteiger charge is -2.28. The summed E-state index contributed by atoms with van der Waals surface area (Å²) in [5, 5.41) is 46.4. The normalized spacial score (nSPS) is 21.2. The molecule has 3 aliphatic heterocycles. The van der Waals surface area contributed by atoms with E-state index >= 15 is 0 Å². The number of nitrogens with one attached hydrogen (secondary N) is 1. The number of hydrogen-bond acceptors (Lipinski definition) is 16. The molecule has 1 amide bonds. The lowest BCUT2D eigenvalue weighted by atomic mass is 10.1. The number of aromatic nitrogens is 2. The Kier molecular flexibility index (Phi) is 27.1. The van der Waals surface area contributed by atoms with Gasteiger partial charge in [-0.1, -0.05) is 71.1 Å². The second-order valence-corrected chi connectivity index (χ2v) is 15.4. The van der Waals surface area contributed by atoms with E-state index in [1.807, 2.05) is 0 Å². The minimum absolute atomic E-state index is 0.0231. The zero-order chi connectivity index (χ0) is 45.0. The molecule has 22 heteroatoms. The zero-order valence-corrected chi connectivity index (χ0v) is 35.2. The summed E-state index contributed by atoms with van der Waals surface area (Å²) < 4.78 is 12.3. The van der Waals surface area contributed by atoms with Crippen molar-refractivity contribution in [3.8, 4) is 0 Å². The highest BCUT2D eigenvalue weighted by Gasteiger charge is 2.43. The van der Waals surface area contributed by atoms with Gasteiger partial charge in [0.1, 0.15) is 46.5 Å². The Morgan fingerprint density at radius 3 is 2.05 bits per heavy atom. The number of ketones is 1. The van der Waals surface area contributed by atoms with Crippen LogP contribution in [-0.2, 0) is 33.4 Å². The fraction of sp³-hybridized carbons (Fsp3) is 0.711. The molecule has 0 aromatic carbocycles. The van der Waals surface area contributed by atoms with Crippen molar-refractivity contribution >= 4 is 47.2 Å². The molecular formula is C38H63N8O13S+. The number of aliphatic hydroxyl groups is 2. The van der Waals surface area contributed by atoms with Crippen molar-refractivity contribution < 1.29 is 59.0 Å². The standard InChI is InChI=1S/C14H28O2.C11H15N4O4.C8H11N3O3S.C5H9NO4/c1-2-3-4-5-6-7-8-9-10-11-12-13-14(15)16;1-6-4-15(10(18)3-8(6)17)11-2-7(13-14-12)9(5-16)19-11;9-5-1-2-11(8(13)10-5)6-4-15-7(3-12)14-6;6-3(5(9)10)1-2-4(7)8/h2-13H2,1H3,(H,15,16);4,7,9,11-12,16H,2-3,5H2,1H3;1-2,6-7,12H,3-4H2,(H2,9,10,13);3H,1-2,6H2,(H,7,8)(H,9,10)/q;+1;;/t;;6-,7+;/m..0./s1. The lowest BCUT2D eigenvalue weighted by Crippen LogP contribution is -2.40. The molecule has 338 valence electrons. The quantitative estimate of drug-likeness (QED) is 0.0380. The van der Waals surface area contributed by atoms with Crippen molar-refractivity contribution in [2.45, 2.75) is 153 Å². The molecular weight excluding hydrogens is 809 g/mol. The number of carboxylic acid groups (broad SMARTS) is 3. The second-order valence-electron chi connectivity index (χ2n) is 14.2. The van der Waals surface area contributed by atoms with Crippen LogP contribution >= 0.6 is 11.8 Å². The summed E-state index contributed by atoms with van der Waals surface area (Å²) in [7, 11) is 0. The molecule has 4 heterocycles. The van der Waals surface area contributed by atoms with E-state index < -0.39 is 48.0 Å². The van der Waals surface area contributed by atoms with E-state index in [1.54, 1.807) is 19.2 Å². The van der Waals surface area contributed by atoms with E-state index in [-0.39, 0.29) is 61.6 Å². The molecule has 0 saturated carbocycles. The summed E-state index contributed by atoms with van der Waals surface area (Å²) in [6.07, 6.45) is 15.8. The molecule has 2 fully saturated rings. The fourth-order valence-corrected chi connectivity index (χ4v) is 6.81. The Hall–Kier alpha value is -4.57. The van der Waals surface area contributed by atoms with Gasteiger partial charge in [0.15, 0.2) is 11.8 Å². The molecule has 21 nitrogen and oxygen atoms in total. The number of nitrogens with zero attached hydrogens (tertiary/aromatic N) is 5. The SMILES string of the molecule is CC1=CN(C2CC(N=[N+]=N)C(CO)O2)C(=O)CC1=O.CCCCCCCCCCCCCC(=O)O.NC(CCC(=O)O)C(=O)O.Nc1ccn([C@@H]2CS[C@H](CO)O2)c(=O)n1. The largest absolute Gasteiger partial charge is 0.481 e. The molecule has 60 heavy (non-hydrogen) atoms. The van der Waals surface area contributed by atoms with Gasteiger partial charge in [-0.25, -0.2) is 4.79 Å². The summed E-state index contributed by atoms with van der Waals surface area (Å²) in [5.41, 5.74) is 16.9. The van der Waals surface area contributed by atoms with E-state index in [9.17, 15) is 33.9 Å². The van der Waals surface area contributed by atoms with E-state index in [0.717, 1.165) is 12.8 Å². The van der Waals surface area contributed by atoms with E-state index in [2.05, 4.69) is 21.9 Å². The van der Waals surface area contributed by atoms with Crippen molar-refractivity contribution in [3.63, 3.8) is 0 Å². The summed E-state index contributed by atoms with van der Waals surface area (Å²) in [6.45, 7) is 3.57. The van der Waals surface area contributed by atoms with Gasteiger partial charge < -0.3 is 46.5 Å². The smallest absolute Gasteiger partial charge is 0.351 e. The average molecular weight is 872 g/mol. The molecule has 4 rings (SSSR count). The Bertz CT molecular complexity index is 1640. The van der Waals surface area contributed by atoms with Crippen LogP contribution in [0.25, 0.3) is 0 Å². The maximum Gasteiger partial charge on any atom is 0.351 e. The van der Waals surface area contributed by atoms with Gasteiger partial charge in [0.25, 0.3) is 0 Å². The first kappa shape index (κ1) is 53.4. The number of aliphatic carboxylic acids is 3. The van der Waals surface area contributed by atoms with Crippen LogP contribution in [0, 0.1) is 5.53 Å². The van der Waals surface area contributed by atoms with Crippen LogP contribution in [-0.4, -0.2) is 118 Å². The van der Waals surface area contributed by atoms with Crippen molar-refractivity contribution in [2.24, 2.45) is 10.8 Å². The Morgan fingerprint density at radius 2 is 1.55 bits per heavy atom. The summed E-state index contributed by atoms with van der Waals surface area (Å²) in [5.74, 6) is -2.56. The minimum atomic E-state index is -1.17. The zero-order valence-electron chi connectivity index (χ0n) is 34.4. The second kappa shape index (κ2) is 30.5. The molecule has 3 aliphatic rings. The third-order valence-electron chi connectivity index (χ3n) is 9.30. The number of amides is 1. The number of rotatable bonds is 21. The number of carbonyl (C=O) groups excluding carboxylic acids is 2. The van der Waals surface area contributed by atoms with Crippen molar-refractivity contribution in [2.75, 3.05) is 24.7 Å². The third kappa shape index (κ3) is 21.6. The molecule has 0 aliphatic carbocycles. The van der Waals surface area contributed by atoms with Gasteiger partial charge in [0.2, 0.25) is 10.8 Å². The van der Waals surface area contributed by atoms with Crippen LogP contribution in [0.2, 0.25) is 0 Å². The van der Waals surface area contributed by atoms with E-state index in [0.29, 0.717) is 24.2 Å². The van der Waals surface area contributed by atoms with Gasteiger partial charge >= 0.3 is 23.6 Å². The Labute approximate surface area is 353 Å². The van der Waals surface area contributed by atoms with Gasteiger partial charge in [0.05, 0.1) is 19.6 Å². The Balaban J connectivity index is 0.000000409. The number of nitrogens with two attached hydrogens (primary N) is 2. The van der Waals surface area contributed by atoms with Crippen LogP contribution in [0.15, 0.2) is 33.9 Å². The molecule has 6 atom stereocenters. The first-order chi connectivity index (χ1) is 28.6. The number of hydrogen-bond donors (Lipinski definition) is 8. The maximum atomic E-state index is 11.8. The molecule has 1 aromatic rings. The monoisotopic (exact) mass is 871 g/mol. The molecule has 1 aromatic heterocycles. The summed E-state index contributed by atoms with van der Waals surface area (Å²) in [6, 6.07) is 0.0320. The molecule has 4 unspecified atom stereocenters. The number of thioether (sulfide) groups is 1. The molecule has 0 spiro atoms. The van der Waals surface area contributed by atoms with Gasteiger partial charge in [-0.3, -0.25) is 33.4 Å². The van der Waals surface area contributed by atoms with Crippen molar-refractivity contribution in [1.82, 2.24) is 19.4 Å². The topological polar surface area (TPSA) is 345 Å². The van der Waals surface area contributed by atoms with Crippen LogP contribution in [0.4, 0.5) is 5.82 Å². The van der Waals surface area contributed by atoms with Crippen molar-refractivity contribution in [1.29, 1.82) is 5.53 Å². The number of carbonyl (C=O) groups is 5. The number of nitrogen functional groups attached to an aromatic ring is 1. The van der Waals surface area contributed by atoms with Gasteiger partial charge in [-0.2, -0.15) is 4.98 Å². The predicted octanol–water partition coefficient (Wildman–Crippen LogP) is 3.16. The molecule has 10 N–H and O–H groups in total. The molecule has 2 saturated heterocycles. The van der Waals surface area contributed by atoms with Crippen LogP contribution in [0.5, 0.6) is 0 Å². The maximum absolute atomic E-state index is 11.8. The number of ether oxygens (including phenoxy) is 2. The third-order valence-corrected chi connectivity index (χ3v) is 10.4. The molecule has 0 bridgehead atoms. The highest BCUT2D eigenvalue weighted by Crippen LogP contribution is 2.30. The highest BCUT2D eigenvalue weighted by atomic mass is 32.2. The number of anilines is 1. The van der Waals surface area contributed by atoms with Gasteiger partial charge in [-0.15, -0.1) is 11.8 Å². The van der Waals surface area contributed by atoms with Crippen molar-refractivity contribution in [3.05, 3.63) is 34.5 Å². The van der Waals surface area contributed by atoms with Gasteiger partial charge in [0, 0.05) is 43.0 Å². The first-order valence-corrected chi connectivity index (χ1v) is 21.1. The van der Waals surface area contributed by atoms with E-state index in [4.69, 9.17) is 46.9 Å². The molecule has 0 radical (unpaired) electrons. The predicted molar refractivity (Wildman–Crippen MR) is 219 cm³/mol. The summed E-state index contributed by atoms with van der Waals surface area (Å²) >= 11 is 1.47.